The van der Waals surface area contributed by atoms with E-state index in [1.807, 2.05) is 26.0 Å². The molecule has 110 valence electrons. The van der Waals surface area contributed by atoms with Crippen molar-refractivity contribution in [3.05, 3.63) is 23.7 Å². The summed E-state index contributed by atoms with van der Waals surface area (Å²) in [6, 6.07) is 3.96. The van der Waals surface area contributed by atoms with E-state index in [0.29, 0.717) is 5.88 Å². The highest BCUT2D eigenvalue weighted by atomic mass is 35.5. The molecule has 2 aromatic heterocycles. The first kappa shape index (κ1) is 15.4. The zero-order valence-electron chi connectivity index (χ0n) is 12.1. The molecule has 0 aliphatic rings. The van der Waals surface area contributed by atoms with Crippen molar-refractivity contribution in [1.82, 2.24) is 14.5 Å². The molecule has 0 radical (unpaired) electrons. The number of nitrogens with zero attached hydrogens (tertiary/aromatic N) is 3. The molecule has 0 amide bonds. The van der Waals surface area contributed by atoms with E-state index in [9.17, 15) is 4.21 Å². The van der Waals surface area contributed by atoms with Gasteiger partial charge in [0.2, 0.25) is 0 Å². The summed E-state index contributed by atoms with van der Waals surface area (Å²) in [4.78, 5) is 9.19. The number of alkyl halides is 1. The van der Waals surface area contributed by atoms with E-state index in [1.54, 1.807) is 6.26 Å². The van der Waals surface area contributed by atoms with Gasteiger partial charge in [0.05, 0.1) is 0 Å². The van der Waals surface area contributed by atoms with Crippen LogP contribution in [0, 0.1) is 6.92 Å². The van der Waals surface area contributed by atoms with Gasteiger partial charge in [0, 0.05) is 46.8 Å². The van der Waals surface area contributed by atoms with E-state index >= 15 is 0 Å². The zero-order valence-corrected chi connectivity index (χ0v) is 13.7. The van der Waals surface area contributed by atoms with E-state index in [0.717, 1.165) is 42.1 Å². The Morgan fingerprint density at radius 2 is 2.15 bits per heavy atom. The fraction of sp³-hybridized carbons (Fsp3) is 0.571. The lowest BCUT2D eigenvalue weighted by atomic mass is 10.3. The molecular formula is C14H20ClN3OS. The Morgan fingerprint density at radius 1 is 1.40 bits per heavy atom. The summed E-state index contributed by atoms with van der Waals surface area (Å²) in [5, 5.41) is 0.168. The van der Waals surface area contributed by atoms with Gasteiger partial charge < -0.3 is 4.57 Å². The van der Waals surface area contributed by atoms with Crippen molar-refractivity contribution in [3.8, 4) is 0 Å². The standard InChI is InChI=1S/C14H20ClN3OS/c1-10-4-5-12-14(16-10)18(13(17-12)6-8-15)9-7-11(2)20(3)19/h4-5,11H,6-9H2,1-3H3. The van der Waals surface area contributed by atoms with Crippen LogP contribution in [-0.4, -0.2) is 36.1 Å². The van der Waals surface area contributed by atoms with Crippen LogP contribution in [-0.2, 0) is 23.8 Å². The molecule has 0 aliphatic carbocycles. The van der Waals surface area contributed by atoms with Gasteiger partial charge in [-0.2, -0.15) is 0 Å². The Kier molecular flexibility index (Phi) is 5.16. The molecule has 0 N–H and O–H groups in total. The van der Waals surface area contributed by atoms with Gasteiger partial charge >= 0.3 is 0 Å². The summed E-state index contributed by atoms with van der Waals surface area (Å²) in [5.41, 5.74) is 2.78. The lowest BCUT2D eigenvalue weighted by Crippen LogP contribution is -2.14. The molecule has 0 bridgehead atoms. The highest BCUT2D eigenvalue weighted by Gasteiger charge is 2.14. The van der Waals surface area contributed by atoms with Crippen LogP contribution in [0.15, 0.2) is 12.1 Å². The van der Waals surface area contributed by atoms with Crippen molar-refractivity contribution in [2.24, 2.45) is 0 Å². The Balaban J connectivity index is 2.34. The van der Waals surface area contributed by atoms with Gasteiger partial charge in [0.1, 0.15) is 11.3 Å². The number of halogens is 1. The summed E-state index contributed by atoms with van der Waals surface area (Å²) in [7, 11) is -0.801. The van der Waals surface area contributed by atoms with Gasteiger partial charge in [-0.05, 0) is 25.5 Å². The molecule has 4 nitrogen and oxygen atoms in total. The van der Waals surface area contributed by atoms with Crippen LogP contribution in [0.3, 0.4) is 0 Å². The van der Waals surface area contributed by atoms with Crippen LogP contribution in [0.1, 0.15) is 24.9 Å². The van der Waals surface area contributed by atoms with Crippen molar-refractivity contribution < 1.29 is 4.21 Å². The summed E-state index contributed by atoms with van der Waals surface area (Å²) in [6.45, 7) is 4.76. The smallest absolute Gasteiger partial charge is 0.160 e. The third kappa shape index (κ3) is 3.38. The first-order chi connectivity index (χ1) is 9.52. The Hall–Kier alpha value is -0.940. The third-order valence-electron chi connectivity index (χ3n) is 3.45. The number of rotatable bonds is 6. The fourth-order valence-electron chi connectivity index (χ4n) is 2.13. The number of hydrogen-bond acceptors (Lipinski definition) is 3. The van der Waals surface area contributed by atoms with Gasteiger partial charge in [0.15, 0.2) is 5.65 Å². The second kappa shape index (κ2) is 6.68. The summed E-state index contributed by atoms with van der Waals surface area (Å²) >= 11 is 5.86. The highest BCUT2D eigenvalue weighted by molar-refractivity contribution is 7.84. The van der Waals surface area contributed by atoms with Gasteiger partial charge in [-0.25, -0.2) is 9.97 Å². The second-order valence-corrected chi connectivity index (χ2v) is 7.19. The quantitative estimate of drug-likeness (QED) is 0.770. The maximum absolute atomic E-state index is 11.5. The molecule has 2 atom stereocenters. The van der Waals surface area contributed by atoms with Crippen LogP contribution >= 0.6 is 11.6 Å². The van der Waals surface area contributed by atoms with Gasteiger partial charge in [-0.15, -0.1) is 11.6 Å². The van der Waals surface area contributed by atoms with Gasteiger partial charge in [-0.1, -0.05) is 6.92 Å². The topological polar surface area (TPSA) is 47.8 Å². The van der Waals surface area contributed by atoms with Crippen LogP contribution < -0.4 is 0 Å². The molecule has 2 unspecified atom stereocenters. The number of imidazole rings is 1. The molecule has 0 saturated heterocycles. The van der Waals surface area contributed by atoms with E-state index in [1.165, 1.54) is 0 Å². The molecule has 2 aromatic rings. The maximum Gasteiger partial charge on any atom is 0.160 e. The molecule has 0 saturated carbocycles. The molecule has 6 heteroatoms. The molecule has 0 fully saturated rings. The first-order valence-corrected chi connectivity index (χ1v) is 8.89. The Bertz CT molecular complexity index is 626. The number of hydrogen-bond donors (Lipinski definition) is 0. The van der Waals surface area contributed by atoms with Crippen LogP contribution in [0.2, 0.25) is 0 Å². The van der Waals surface area contributed by atoms with E-state index < -0.39 is 10.8 Å². The molecule has 0 spiro atoms. The zero-order chi connectivity index (χ0) is 14.7. The van der Waals surface area contributed by atoms with Crippen LogP contribution in [0.5, 0.6) is 0 Å². The van der Waals surface area contributed by atoms with E-state index in [-0.39, 0.29) is 5.25 Å². The fourth-order valence-corrected chi connectivity index (χ4v) is 2.74. The van der Waals surface area contributed by atoms with Crippen molar-refractivity contribution >= 4 is 33.6 Å². The van der Waals surface area contributed by atoms with Crippen LogP contribution in [0.4, 0.5) is 0 Å². The molecule has 2 rings (SSSR count). The molecule has 20 heavy (non-hydrogen) atoms. The van der Waals surface area contributed by atoms with Crippen molar-refractivity contribution in [3.63, 3.8) is 0 Å². The number of aryl methyl sites for hydroxylation is 3. The lowest BCUT2D eigenvalue weighted by Gasteiger charge is -2.11. The van der Waals surface area contributed by atoms with Crippen molar-refractivity contribution in [2.45, 2.75) is 38.5 Å². The predicted octanol–water partition coefficient (Wildman–Crippen LogP) is 2.68. The normalized spacial score (nSPS) is 14.6. The second-order valence-electron chi connectivity index (χ2n) is 5.01. The minimum Gasteiger partial charge on any atom is -0.313 e. The highest BCUT2D eigenvalue weighted by Crippen LogP contribution is 2.17. The Labute approximate surface area is 127 Å². The molecule has 0 aromatic carbocycles. The molecule has 0 aliphatic heterocycles. The number of fused-ring (bicyclic) bond motifs is 1. The minimum absolute atomic E-state index is 0.168. The van der Waals surface area contributed by atoms with Gasteiger partial charge in [0.25, 0.3) is 0 Å². The average molecular weight is 314 g/mol. The number of pyridine rings is 1. The van der Waals surface area contributed by atoms with Crippen molar-refractivity contribution in [2.75, 3.05) is 12.1 Å². The molecular weight excluding hydrogens is 294 g/mol. The maximum atomic E-state index is 11.5. The van der Waals surface area contributed by atoms with Gasteiger partial charge in [-0.3, -0.25) is 4.21 Å². The largest absolute Gasteiger partial charge is 0.313 e. The van der Waals surface area contributed by atoms with E-state index in [4.69, 9.17) is 11.6 Å². The summed E-state index contributed by atoms with van der Waals surface area (Å²) in [5.74, 6) is 1.50. The average Bonchev–Trinajstić information content (AvgIpc) is 2.73. The SMILES string of the molecule is Cc1ccc2nc(CCCl)n(CCC(C)S(C)=O)c2n1. The monoisotopic (exact) mass is 313 g/mol. The minimum atomic E-state index is -0.801. The van der Waals surface area contributed by atoms with E-state index in [2.05, 4.69) is 14.5 Å². The van der Waals surface area contributed by atoms with Crippen LogP contribution in [0.25, 0.3) is 11.2 Å². The third-order valence-corrected chi connectivity index (χ3v) is 5.01. The molecule has 2 heterocycles. The summed E-state index contributed by atoms with van der Waals surface area (Å²) in [6.07, 6.45) is 3.32. The predicted molar refractivity (Wildman–Crippen MR) is 84.8 cm³/mol. The number of aromatic nitrogens is 3. The lowest BCUT2D eigenvalue weighted by molar-refractivity contribution is 0.608. The summed E-state index contributed by atoms with van der Waals surface area (Å²) < 4.78 is 13.6. The Morgan fingerprint density at radius 3 is 2.80 bits per heavy atom. The first-order valence-electron chi connectivity index (χ1n) is 6.74. The van der Waals surface area contributed by atoms with Crippen molar-refractivity contribution in [1.29, 1.82) is 0 Å².